The second-order valence-electron chi connectivity index (χ2n) is 4.37. The maximum Gasteiger partial charge on any atom is 0.295 e. The van der Waals surface area contributed by atoms with Gasteiger partial charge in [-0.2, -0.15) is 0 Å². The van der Waals surface area contributed by atoms with Crippen LogP contribution in [-0.4, -0.2) is 24.0 Å². The van der Waals surface area contributed by atoms with E-state index in [1.54, 1.807) is 0 Å². The molecule has 0 bridgehead atoms. The highest BCUT2D eigenvalue weighted by Gasteiger charge is 2.40. The van der Waals surface area contributed by atoms with Gasteiger partial charge in [-0.3, -0.25) is 4.79 Å². The molecule has 76 valence electrons. The summed E-state index contributed by atoms with van der Waals surface area (Å²) in [7, 11) is 0. The molecule has 1 aliphatic heterocycles. The minimum Gasteiger partial charge on any atom is -0.342 e. The number of hydrogen-bond acceptors (Lipinski definition) is 2. The molecule has 1 amide bonds. The molecule has 2 rings (SSSR count). The lowest BCUT2D eigenvalue weighted by atomic mass is 9.70. The first-order valence-corrected chi connectivity index (χ1v) is 5.26. The molecule has 3 nitrogen and oxygen atoms in total. The fourth-order valence-corrected chi connectivity index (χ4v) is 2.49. The van der Waals surface area contributed by atoms with Gasteiger partial charge in [0.15, 0.2) is 0 Å². The Labute approximate surface area is 84.6 Å². The Balaban J connectivity index is 1.88. The fraction of sp³-hybridized carbons (Fsp3) is 0.727. The van der Waals surface area contributed by atoms with Crippen LogP contribution in [0.3, 0.4) is 0 Å². The summed E-state index contributed by atoms with van der Waals surface area (Å²) in [5.74, 6) is 1.83. The first-order chi connectivity index (χ1) is 6.74. The van der Waals surface area contributed by atoms with Gasteiger partial charge in [0.25, 0.3) is 5.91 Å². The number of nitrogens with one attached hydrogen (secondary N) is 2. The monoisotopic (exact) mass is 192 g/mol. The Kier molecular flexibility index (Phi) is 2.47. The first kappa shape index (κ1) is 9.54. The number of piperidine rings is 1. The van der Waals surface area contributed by atoms with E-state index in [0.29, 0.717) is 5.54 Å². The molecule has 0 radical (unpaired) electrons. The molecule has 0 aromatic heterocycles. The Morgan fingerprint density at radius 3 is 2.93 bits per heavy atom. The Hall–Kier alpha value is -1.01. The Morgan fingerprint density at radius 1 is 1.57 bits per heavy atom. The molecule has 1 unspecified atom stereocenters. The summed E-state index contributed by atoms with van der Waals surface area (Å²) in [6.45, 7) is 0.996. The van der Waals surface area contributed by atoms with Crippen molar-refractivity contribution in [3.8, 4) is 12.3 Å². The zero-order valence-electron chi connectivity index (χ0n) is 8.31. The molecule has 0 aromatic carbocycles. The van der Waals surface area contributed by atoms with E-state index in [1.165, 1.54) is 19.3 Å². The van der Waals surface area contributed by atoms with E-state index in [0.717, 1.165) is 19.4 Å². The van der Waals surface area contributed by atoms with Gasteiger partial charge >= 0.3 is 0 Å². The summed E-state index contributed by atoms with van der Waals surface area (Å²) < 4.78 is 0. The minimum absolute atomic E-state index is 0.272. The molecule has 0 aromatic rings. The Morgan fingerprint density at radius 2 is 2.36 bits per heavy atom. The van der Waals surface area contributed by atoms with Crippen molar-refractivity contribution in [3.63, 3.8) is 0 Å². The summed E-state index contributed by atoms with van der Waals surface area (Å²) in [6.07, 6.45) is 10.9. The molecule has 1 saturated heterocycles. The number of carbonyl (C=O) groups is 1. The van der Waals surface area contributed by atoms with E-state index < -0.39 is 0 Å². The number of amides is 1. The van der Waals surface area contributed by atoms with Crippen LogP contribution in [0.2, 0.25) is 0 Å². The van der Waals surface area contributed by atoms with Gasteiger partial charge in [0.1, 0.15) is 0 Å². The van der Waals surface area contributed by atoms with Crippen LogP contribution in [0.25, 0.3) is 0 Å². The number of rotatable bonds is 1. The average molecular weight is 192 g/mol. The van der Waals surface area contributed by atoms with E-state index >= 15 is 0 Å². The Bertz CT molecular complexity index is 276. The molecule has 2 aliphatic rings. The van der Waals surface area contributed by atoms with Crippen molar-refractivity contribution in [2.24, 2.45) is 0 Å². The highest BCUT2D eigenvalue weighted by atomic mass is 16.1. The van der Waals surface area contributed by atoms with Gasteiger partial charge in [-0.05, 0) is 44.6 Å². The van der Waals surface area contributed by atoms with Crippen molar-refractivity contribution in [2.45, 2.75) is 43.7 Å². The summed E-state index contributed by atoms with van der Waals surface area (Å²) in [5, 5.41) is 6.43. The van der Waals surface area contributed by atoms with Crippen LogP contribution in [0.15, 0.2) is 0 Å². The number of terminal acetylenes is 1. The maximum absolute atomic E-state index is 11.0. The van der Waals surface area contributed by atoms with Crippen molar-refractivity contribution in [1.29, 1.82) is 0 Å². The fourth-order valence-electron chi connectivity index (χ4n) is 2.49. The molecule has 1 atom stereocenters. The van der Waals surface area contributed by atoms with Gasteiger partial charge in [0.2, 0.25) is 0 Å². The van der Waals surface area contributed by atoms with E-state index in [1.807, 2.05) is 0 Å². The van der Waals surface area contributed by atoms with Gasteiger partial charge in [-0.25, -0.2) is 0 Å². The van der Waals surface area contributed by atoms with E-state index in [4.69, 9.17) is 6.42 Å². The average Bonchev–Trinajstić information content (AvgIpc) is 2.16. The third-order valence-electron chi connectivity index (χ3n) is 3.41. The highest BCUT2D eigenvalue weighted by molar-refractivity contribution is 5.93. The molecule has 1 heterocycles. The van der Waals surface area contributed by atoms with Crippen LogP contribution in [0.5, 0.6) is 0 Å². The summed E-state index contributed by atoms with van der Waals surface area (Å²) >= 11 is 0. The van der Waals surface area contributed by atoms with E-state index in [9.17, 15) is 4.79 Å². The third kappa shape index (κ3) is 1.76. The van der Waals surface area contributed by atoms with Crippen LogP contribution in [0.1, 0.15) is 32.1 Å². The van der Waals surface area contributed by atoms with Gasteiger partial charge in [-0.15, -0.1) is 6.42 Å². The predicted octanol–water partition coefficient (Wildman–Crippen LogP) is 0.410. The summed E-state index contributed by atoms with van der Waals surface area (Å²) in [4.78, 5) is 11.0. The zero-order chi connectivity index (χ0) is 10.0. The third-order valence-corrected chi connectivity index (χ3v) is 3.41. The normalized spacial score (nSPS) is 28.9. The van der Waals surface area contributed by atoms with Crippen LogP contribution in [0, 0.1) is 12.3 Å². The largest absolute Gasteiger partial charge is 0.342 e. The molecule has 1 saturated carbocycles. The lowest BCUT2D eigenvalue weighted by molar-refractivity contribution is -0.116. The SMILES string of the molecule is C#CC(=O)NC1CCNC2(CCC2)C1. The number of hydrogen-bond donors (Lipinski definition) is 2. The lowest BCUT2D eigenvalue weighted by Gasteiger charge is -2.48. The summed E-state index contributed by atoms with van der Waals surface area (Å²) in [6, 6.07) is 0.278. The molecule has 3 heteroatoms. The topological polar surface area (TPSA) is 41.1 Å². The van der Waals surface area contributed by atoms with Crippen molar-refractivity contribution in [1.82, 2.24) is 10.6 Å². The van der Waals surface area contributed by atoms with Crippen LogP contribution in [0.4, 0.5) is 0 Å². The van der Waals surface area contributed by atoms with E-state index in [-0.39, 0.29) is 11.9 Å². The zero-order valence-corrected chi connectivity index (χ0v) is 8.31. The van der Waals surface area contributed by atoms with Gasteiger partial charge in [0.05, 0.1) is 0 Å². The van der Waals surface area contributed by atoms with Crippen molar-refractivity contribution in [3.05, 3.63) is 0 Å². The van der Waals surface area contributed by atoms with E-state index in [2.05, 4.69) is 16.6 Å². The highest BCUT2D eigenvalue weighted by Crippen LogP contribution is 2.38. The molecule has 2 N–H and O–H groups in total. The maximum atomic E-state index is 11.0. The second kappa shape index (κ2) is 3.62. The molecule has 1 aliphatic carbocycles. The molecular formula is C11H16N2O. The minimum atomic E-state index is -0.272. The second-order valence-corrected chi connectivity index (χ2v) is 4.37. The predicted molar refractivity (Wildman–Crippen MR) is 54.6 cm³/mol. The van der Waals surface area contributed by atoms with Gasteiger partial charge < -0.3 is 10.6 Å². The smallest absolute Gasteiger partial charge is 0.295 e. The van der Waals surface area contributed by atoms with Crippen molar-refractivity contribution >= 4 is 5.91 Å². The van der Waals surface area contributed by atoms with Gasteiger partial charge in [-0.1, -0.05) is 0 Å². The molecule has 1 spiro atoms. The standard InChI is InChI=1S/C11H16N2O/c1-2-10(14)13-9-4-7-12-11(8-9)5-3-6-11/h1,9,12H,3-8H2,(H,13,14). The van der Waals surface area contributed by atoms with Crippen LogP contribution in [-0.2, 0) is 4.79 Å². The number of carbonyl (C=O) groups excluding carboxylic acids is 1. The molecular weight excluding hydrogens is 176 g/mol. The lowest BCUT2D eigenvalue weighted by Crippen LogP contribution is -2.59. The molecule has 14 heavy (non-hydrogen) atoms. The van der Waals surface area contributed by atoms with Gasteiger partial charge in [0, 0.05) is 11.6 Å². The quantitative estimate of drug-likeness (QED) is 0.591. The first-order valence-electron chi connectivity index (χ1n) is 5.26. The van der Waals surface area contributed by atoms with Crippen LogP contribution < -0.4 is 10.6 Å². The van der Waals surface area contributed by atoms with Crippen molar-refractivity contribution in [2.75, 3.05) is 6.54 Å². The van der Waals surface area contributed by atoms with Crippen LogP contribution >= 0.6 is 0 Å². The van der Waals surface area contributed by atoms with Crippen molar-refractivity contribution < 1.29 is 4.79 Å². The molecule has 2 fully saturated rings. The summed E-state index contributed by atoms with van der Waals surface area (Å²) in [5.41, 5.74) is 0.324.